The average Bonchev–Trinajstić information content (AvgIpc) is 2.67. The van der Waals surface area contributed by atoms with Crippen LogP contribution in [0.1, 0.15) is 25.7 Å². The van der Waals surface area contributed by atoms with Crippen LogP contribution in [-0.4, -0.2) is 48.7 Å². The second-order valence-electron chi connectivity index (χ2n) is 5.22. The van der Waals surface area contributed by atoms with Crippen molar-refractivity contribution in [1.82, 2.24) is 4.90 Å². The molecule has 1 heterocycles. The van der Waals surface area contributed by atoms with Gasteiger partial charge in [0.1, 0.15) is 0 Å². The maximum absolute atomic E-state index is 12.1. The van der Waals surface area contributed by atoms with Gasteiger partial charge in [0.05, 0.1) is 13.2 Å². The second-order valence-corrected chi connectivity index (χ2v) is 5.22. The van der Waals surface area contributed by atoms with E-state index in [1.165, 1.54) is 12.8 Å². The maximum Gasteiger partial charge on any atom is 0.324 e. The Morgan fingerprint density at radius 1 is 1.35 bits per heavy atom. The van der Waals surface area contributed by atoms with Crippen LogP contribution in [0.15, 0.2) is 0 Å². The van der Waals surface area contributed by atoms with Gasteiger partial charge in [-0.15, -0.1) is 0 Å². The van der Waals surface area contributed by atoms with Crippen LogP contribution in [0.4, 0.5) is 0 Å². The minimum absolute atomic E-state index is 0.0101. The number of hydrogen-bond donors (Lipinski definition) is 1. The zero-order valence-electron chi connectivity index (χ0n) is 10.1. The van der Waals surface area contributed by atoms with Gasteiger partial charge in [-0.2, -0.15) is 0 Å². The van der Waals surface area contributed by atoms with Crippen molar-refractivity contribution in [2.45, 2.75) is 25.7 Å². The Bertz CT molecular complexity index is 318. The van der Waals surface area contributed by atoms with Crippen molar-refractivity contribution in [3.05, 3.63) is 0 Å². The molecule has 0 aromatic carbocycles. The van der Waals surface area contributed by atoms with E-state index in [0.29, 0.717) is 12.5 Å². The molecule has 1 saturated heterocycles. The highest BCUT2D eigenvalue weighted by Gasteiger charge is 2.54. The number of carboxylic acid groups (broad SMARTS) is 1. The number of rotatable bonds is 4. The Kier molecular flexibility index (Phi) is 3.38. The molecule has 5 heteroatoms. The molecule has 2 rings (SSSR count). The molecule has 1 saturated carbocycles. The summed E-state index contributed by atoms with van der Waals surface area (Å²) >= 11 is 0. The predicted molar refractivity (Wildman–Crippen MR) is 60.5 cm³/mol. The van der Waals surface area contributed by atoms with Gasteiger partial charge < -0.3 is 14.7 Å². The topological polar surface area (TPSA) is 66.8 Å². The maximum atomic E-state index is 12.1. The van der Waals surface area contributed by atoms with Gasteiger partial charge in [0, 0.05) is 13.6 Å². The summed E-state index contributed by atoms with van der Waals surface area (Å²) in [5.74, 6) is -0.828. The molecule has 0 bridgehead atoms. The Morgan fingerprint density at radius 3 is 2.35 bits per heavy atom. The second kappa shape index (κ2) is 4.64. The molecule has 1 aliphatic carbocycles. The number of ether oxygens (including phenoxy) is 1. The molecule has 2 aliphatic rings. The van der Waals surface area contributed by atoms with E-state index >= 15 is 0 Å². The van der Waals surface area contributed by atoms with Gasteiger partial charge >= 0.3 is 5.97 Å². The first-order valence-corrected chi connectivity index (χ1v) is 6.13. The third-order valence-electron chi connectivity index (χ3n) is 3.87. The average molecular weight is 241 g/mol. The highest BCUT2D eigenvalue weighted by molar-refractivity contribution is 6.03. The fourth-order valence-electron chi connectivity index (χ4n) is 2.67. The number of aliphatic carboxylic acids is 1. The molecule has 0 aromatic rings. The molecule has 0 spiro atoms. The molecule has 17 heavy (non-hydrogen) atoms. The first kappa shape index (κ1) is 12.4. The summed E-state index contributed by atoms with van der Waals surface area (Å²) in [6, 6.07) is 0. The standard InChI is InChI=1S/C12H19NO4/c1-13(6-9-4-2-3-5-9)10(14)12(11(15)16)7-17-8-12/h9H,2-8H2,1H3,(H,15,16). The molecule has 0 radical (unpaired) electrons. The van der Waals surface area contributed by atoms with Crippen molar-refractivity contribution in [3.8, 4) is 0 Å². The van der Waals surface area contributed by atoms with Crippen molar-refractivity contribution in [1.29, 1.82) is 0 Å². The normalized spacial score (nSPS) is 23.1. The van der Waals surface area contributed by atoms with Gasteiger partial charge in [-0.05, 0) is 18.8 Å². The van der Waals surface area contributed by atoms with E-state index in [-0.39, 0.29) is 19.1 Å². The SMILES string of the molecule is CN(CC1CCCC1)C(=O)C1(C(=O)O)COC1. The molecule has 1 amide bonds. The molecular formula is C12H19NO4. The molecule has 0 atom stereocenters. The summed E-state index contributed by atoms with van der Waals surface area (Å²) in [5.41, 5.74) is -1.31. The van der Waals surface area contributed by atoms with Crippen LogP contribution in [0, 0.1) is 11.3 Å². The lowest BCUT2D eigenvalue weighted by molar-refractivity contribution is -0.190. The Morgan fingerprint density at radius 2 is 1.94 bits per heavy atom. The highest BCUT2D eigenvalue weighted by Crippen LogP contribution is 2.31. The molecule has 5 nitrogen and oxygen atoms in total. The lowest BCUT2D eigenvalue weighted by Crippen LogP contribution is -2.59. The van der Waals surface area contributed by atoms with Crippen LogP contribution in [-0.2, 0) is 14.3 Å². The third kappa shape index (κ3) is 2.16. The van der Waals surface area contributed by atoms with Crippen LogP contribution in [0.25, 0.3) is 0 Å². The predicted octanol–water partition coefficient (Wildman–Crippen LogP) is 0.736. The van der Waals surface area contributed by atoms with E-state index < -0.39 is 11.4 Å². The first-order chi connectivity index (χ1) is 8.06. The summed E-state index contributed by atoms with van der Waals surface area (Å²) in [4.78, 5) is 24.9. The van der Waals surface area contributed by atoms with Crippen molar-refractivity contribution in [2.24, 2.45) is 11.3 Å². The molecule has 0 unspecified atom stereocenters. The largest absolute Gasteiger partial charge is 0.480 e. The lowest BCUT2D eigenvalue weighted by atomic mass is 9.84. The van der Waals surface area contributed by atoms with E-state index in [1.807, 2.05) is 0 Å². The van der Waals surface area contributed by atoms with E-state index in [9.17, 15) is 9.59 Å². The molecule has 0 aromatic heterocycles. The van der Waals surface area contributed by atoms with Crippen LogP contribution < -0.4 is 0 Å². The Balaban J connectivity index is 1.96. The lowest BCUT2D eigenvalue weighted by Gasteiger charge is -2.39. The Labute approximate surface area is 101 Å². The van der Waals surface area contributed by atoms with Crippen LogP contribution in [0.3, 0.4) is 0 Å². The van der Waals surface area contributed by atoms with Crippen LogP contribution in [0.2, 0.25) is 0 Å². The fourth-order valence-corrected chi connectivity index (χ4v) is 2.67. The van der Waals surface area contributed by atoms with Gasteiger partial charge in [0.2, 0.25) is 5.91 Å². The monoisotopic (exact) mass is 241 g/mol. The van der Waals surface area contributed by atoms with Gasteiger partial charge in [-0.3, -0.25) is 9.59 Å². The number of carbonyl (C=O) groups is 2. The van der Waals surface area contributed by atoms with E-state index in [2.05, 4.69) is 0 Å². The summed E-state index contributed by atoms with van der Waals surface area (Å²) in [6.07, 6.45) is 4.74. The zero-order chi connectivity index (χ0) is 12.5. The number of carboxylic acids is 1. The summed E-state index contributed by atoms with van der Waals surface area (Å²) in [5, 5.41) is 9.14. The van der Waals surface area contributed by atoms with Crippen molar-refractivity contribution in [3.63, 3.8) is 0 Å². The molecule has 1 aliphatic heterocycles. The Hall–Kier alpha value is -1.10. The fraction of sp³-hybridized carbons (Fsp3) is 0.833. The van der Waals surface area contributed by atoms with Crippen molar-refractivity contribution in [2.75, 3.05) is 26.8 Å². The summed E-state index contributed by atoms with van der Waals surface area (Å²) in [6.45, 7) is 0.695. The van der Waals surface area contributed by atoms with E-state index in [4.69, 9.17) is 9.84 Å². The summed E-state index contributed by atoms with van der Waals surface area (Å²) < 4.78 is 4.91. The van der Waals surface area contributed by atoms with E-state index in [0.717, 1.165) is 12.8 Å². The number of amides is 1. The van der Waals surface area contributed by atoms with E-state index in [1.54, 1.807) is 11.9 Å². The zero-order valence-corrected chi connectivity index (χ0v) is 10.1. The molecular weight excluding hydrogens is 222 g/mol. The van der Waals surface area contributed by atoms with Crippen molar-refractivity contribution >= 4 is 11.9 Å². The smallest absolute Gasteiger partial charge is 0.324 e. The minimum atomic E-state index is -1.31. The molecule has 1 N–H and O–H groups in total. The number of nitrogens with zero attached hydrogens (tertiary/aromatic N) is 1. The van der Waals surface area contributed by atoms with Crippen molar-refractivity contribution < 1.29 is 19.4 Å². The van der Waals surface area contributed by atoms with Crippen LogP contribution in [0.5, 0.6) is 0 Å². The van der Waals surface area contributed by atoms with Crippen LogP contribution >= 0.6 is 0 Å². The highest BCUT2D eigenvalue weighted by atomic mass is 16.5. The molecule has 2 fully saturated rings. The molecule has 96 valence electrons. The summed E-state index contributed by atoms with van der Waals surface area (Å²) in [7, 11) is 1.70. The third-order valence-corrected chi connectivity index (χ3v) is 3.87. The number of carbonyl (C=O) groups excluding carboxylic acids is 1. The van der Waals surface area contributed by atoms with Gasteiger partial charge in [-0.25, -0.2) is 0 Å². The first-order valence-electron chi connectivity index (χ1n) is 6.13. The van der Waals surface area contributed by atoms with Gasteiger partial charge in [0.25, 0.3) is 0 Å². The minimum Gasteiger partial charge on any atom is -0.480 e. The quantitative estimate of drug-likeness (QED) is 0.737. The van der Waals surface area contributed by atoms with Gasteiger partial charge in [-0.1, -0.05) is 12.8 Å². The number of hydrogen-bond acceptors (Lipinski definition) is 3. The van der Waals surface area contributed by atoms with Gasteiger partial charge in [0.15, 0.2) is 5.41 Å².